The van der Waals surface area contributed by atoms with Gasteiger partial charge < -0.3 is 9.64 Å². The summed E-state index contributed by atoms with van der Waals surface area (Å²) in [6, 6.07) is 1.72. The zero-order valence-electron chi connectivity index (χ0n) is 13.6. The number of rotatable bonds is 6. The van der Waals surface area contributed by atoms with E-state index in [1.165, 1.54) is 4.52 Å². The minimum absolute atomic E-state index is 0.258. The van der Waals surface area contributed by atoms with Crippen LogP contribution in [0.15, 0.2) is 30.6 Å². The molecular weight excluding hydrogens is 296 g/mol. The molecule has 23 heavy (non-hydrogen) atoms. The van der Waals surface area contributed by atoms with Crippen LogP contribution in [0.1, 0.15) is 29.9 Å². The average Bonchev–Trinajstić information content (AvgIpc) is 2.85. The van der Waals surface area contributed by atoms with E-state index in [9.17, 15) is 9.59 Å². The lowest BCUT2D eigenvalue weighted by Gasteiger charge is -2.20. The van der Waals surface area contributed by atoms with Gasteiger partial charge in [0.1, 0.15) is 5.56 Å². The van der Waals surface area contributed by atoms with Gasteiger partial charge in [-0.15, -0.1) is 0 Å². The monoisotopic (exact) mass is 316 g/mol. The van der Waals surface area contributed by atoms with Crippen LogP contribution in [0.5, 0.6) is 0 Å². The Morgan fingerprint density at radius 2 is 2.17 bits per heavy atom. The highest BCUT2D eigenvalue weighted by Crippen LogP contribution is 2.14. The van der Waals surface area contributed by atoms with Crippen LogP contribution < -0.4 is 0 Å². The molecule has 0 aromatic carbocycles. The Balaban J connectivity index is 2.08. The maximum atomic E-state index is 12.3. The summed E-state index contributed by atoms with van der Waals surface area (Å²) in [6.45, 7) is 9.85. The third kappa shape index (κ3) is 3.74. The second-order valence-corrected chi connectivity index (χ2v) is 5.29. The second kappa shape index (κ2) is 7.04. The standard InChI is InChI=1S/C16H20N4O3/c1-5-19(9-11(2)3)13(21)10-23-16(22)14-12(4)18-20-8-6-7-17-15(14)20/h6-8H,2,5,9-10H2,1,3-4H3. The Kier molecular flexibility index (Phi) is 5.10. The van der Waals surface area contributed by atoms with Crippen molar-refractivity contribution in [2.24, 2.45) is 0 Å². The smallest absolute Gasteiger partial charge is 0.344 e. The fourth-order valence-electron chi connectivity index (χ4n) is 2.23. The van der Waals surface area contributed by atoms with Gasteiger partial charge in [0.2, 0.25) is 0 Å². The van der Waals surface area contributed by atoms with Gasteiger partial charge in [0.05, 0.1) is 5.69 Å². The summed E-state index contributed by atoms with van der Waals surface area (Å²) >= 11 is 0. The van der Waals surface area contributed by atoms with Crippen molar-refractivity contribution in [3.8, 4) is 0 Å². The first-order valence-corrected chi connectivity index (χ1v) is 7.33. The normalized spacial score (nSPS) is 10.6. The number of esters is 1. The third-order valence-corrected chi connectivity index (χ3v) is 3.30. The van der Waals surface area contributed by atoms with Crippen molar-refractivity contribution in [1.82, 2.24) is 19.5 Å². The predicted molar refractivity (Wildman–Crippen MR) is 85.1 cm³/mol. The third-order valence-electron chi connectivity index (χ3n) is 3.30. The van der Waals surface area contributed by atoms with Gasteiger partial charge in [-0.3, -0.25) is 4.79 Å². The van der Waals surface area contributed by atoms with Gasteiger partial charge in [0.25, 0.3) is 5.91 Å². The fourth-order valence-corrected chi connectivity index (χ4v) is 2.23. The van der Waals surface area contributed by atoms with Gasteiger partial charge >= 0.3 is 5.97 Å². The van der Waals surface area contributed by atoms with E-state index >= 15 is 0 Å². The van der Waals surface area contributed by atoms with E-state index in [1.54, 1.807) is 30.3 Å². The first-order valence-electron chi connectivity index (χ1n) is 7.33. The molecule has 7 heteroatoms. The lowest BCUT2D eigenvalue weighted by atomic mass is 10.2. The lowest BCUT2D eigenvalue weighted by Crippen LogP contribution is -2.35. The molecule has 0 N–H and O–H groups in total. The maximum Gasteiger partial charge on any atom is 0.344 e. The van der Waals surface area contributed by atoms with E-state index in [4.69, 9.17) is 4.74 Å². The van der Waals surface area contributed by atoms with Crippen LogP contribution in [0.4, 0.5) is 0 Å². The molecule has 0 unspecified atom stereocenters. The molecule has 122 valence electrons. The summed E-state index contributed by atoms with van der Waals surface area (Å²) in [5.41, 5.74) is 2.07. The molecule has 2 rings (SSSR count). The number of carbonyl (C=O) groups excluding carboxylic acids is 2. The summed E-state index contributed by atoms with van der Waals surface area (Å²) in [5.74, 6) is -0.859. The molecule has 0 atom stereocenters. The first kappa shape index (κ1) is 16.7. The van der Waals surface area contributed by atoms with Gasteiger partial charge in [-0.25, -0.2) is 14.3 Å². The van der Waals surface area contributed by atoms with E-state index in [0.29, 0.717) is 24.4 Å². The number of aryl methyl sites for hydroxylation is 1. The van der Waals surface area contributed by atoms with Crippen LogP contribution in [-0.2, 0) is 9.53 Å². The molecule has 2 heterocycles. The Morgan fingerprint density at radius 1 is 1.43 bits per heavy atom. The molecule has 2 aromatic heterocycles. The number of hydrogen-bond acceptors (Lipinski definition) is 5. The molecule has 0 aliphatic heterocycles. The number of carbonyl (C=O) groups is 2. The molecule has 0 bridgehead atoms. The van der Waals surface area contributed by atoms with Crippen LogP contribution >= 0.6 is 0 Å². The number of likely N-dealkylation sites (N-methyl/N-ethyl adjacent to an activating group) is 1. The van der Waals surface area contributed by atoms with Crippen molar-refractivity contribution in [3.63, 3.8) is 0 Å². The number of nitrogens with zero attached hydrogens (tertiary/aromatic N) is 4. The van der Waals surface area contributed by atoms with Gasteiger partial charge in [-0.05, 0) is 26.8 Å². The molecular formula is C16H20N4O3. The van der Waals surface area contributed by atoms with Crippen molar-refractivity contribution >= 4 is 17.5 Å². The first-order chi connectivity index (χ1) is 10.9. The van der Waals surface area contributed by atoms with Crippen molar-refractivity contribution in [2.75, 3.05) is 19.7 Å². The molecule has 7 nitrogen and oxygen atoms in total. The van der Waals surface area contributed by atoms with Crippen molar-refractivity contribution in [3.05, 3.63) is 41.9 Å². The maximum absolute atomic E-state index is 12.3. The predicted octanol–water partition coefficient (Wildman–Crippen LogP) is 1.62. The summed E-state index contributed by atoms with van der Waals surface area (Å²) in [6.07, 6.45) is 3.27. The molecule has 0 aliphatic rings. The van der Waals surface area contributed by atoms with E-state index in [2.05, 4.69) is 16.7 Å². The van der Waals surface area contributed by atoms with Crippen LogP contribution in [0.3, 0.4) is 0 Å². The summed E-state index contributed by atoms with van der Waals surface area (Å²) in [4.78, 5) is 30.1. The topological polar surface area (TPSA) is 76.8 Å². The summed E-state index contributed by atoms with van der Waals surface area (Å²) in [5, 5.41) is 4.20. The van der Waals surface area contributed by atoms with Crippen LogP contribution in [0, 0.1) is 6.92 Å². The molecule has 0 aliphatic carbocycles. The van der Waals surface area contributed by atoms with Gasteiger partial charge in [-0.2, -0.15) is 5.10 Å². The van der Waals surface area contributed by atoms with Crippen LogP contribution in [0.2, 0.25) is 0 Å². The molecule has 0 radical (unpaired) electrons. The number of ether oxygens (including phenoxy) is 1. The Hall–Kier alpha value is -2.70. The van der Waals surface area contributed by atoms with Gasteiger partial charge in [0, 0.05) is 25.5 Å². The minimum atomic E-state index is -0.601. The highest BCUT2D eigenvalue weighted by Gasteiger charge is 2.21. The lowest BCUT2D eigenvalue weighted by molar-refractivity contribution is -0.133. The second-order valence-electron chi connectivity index (χ2n) is 5.29. The van der Waals surface area contributed by atoms with E-state index in [0.717, 1.165) is 5.57 Å². The largest absolute Gasteiger partial charge is 0.452 e. The van der Waals surface area contributed by atoms with E-state index < -0.39 is 5.97 Å². The minimum Gasteiger partial charge on any atom is -0.452 e. The zero-order chi connectivity index (χ0) is 17.0. The number of amides is 1. The Labute approximate surface area is 134 Å². The highest BCUT2D eigenvalue weighted by molar-refractivity contribution is 5.98. The van der Waals surface area contributed by atoms with Gasteiger partial charge in [-0.1, -0.05) is 12.2 Å². The number of fused-ring (bicyclic) bond motifs is 1. The number of hydrogen-bond donors (Lipinski definition) is 0. The van der Waals surface area contributed by atoms with E-state index in [-0.39, 0.29) is 18.1 Å². The quantitative estimate of drug-likeness (QED) is 0.598. The van der Waals surface area contributed by atoms with Crippen molar-refractivity contribution in [1.29, 1.82) is 0 Å². The van der Waals surface area contributed by atoms with E-state index in [1.807, 2.05) is 13.8 Å². The molecule has 1 amide bonds. The summed E-state index contributed by atoms with van der Waals surface area (Å²) in [7, 11) is 0. The Bertz CT molecular complexity index is 751. The molecule has 0 fully saturated rings. The SMILES string of the molecule is C=C(C)CN(CC)C(=O)COC(=O)c1c(C)nn2cccnc12. The zero-order valence-corrected chi connectivity index (χ0v) is 13.6. The molecule has 2 aromatic rings. The van der Waals surface area contributed by atoms with Crippen LogP contribution in [-0.4, -0.2) is 51.1 Å². The number of aromatic nitrogens is 3. The molecule has 0 saturated heterocycles. The molecule has 0 spiro atoms. The van der Waals surface area contributed by atoms with Crippen molar-refractivity contribution < 1.29 is 14.3 Å². The Morgan fingerprint density at radius 3 is 2.83 bits per heavy atom. The fraction of sp³-hybridized carbons (Fsp3) is 0.375. The van der Waals surface area contributed by atoms with Gasteiger partial charge in [0.15, 0.2) is 12.3 Å². The average molecular weight is 316 g/mol. The molecule has 0 saturated carbocycles. The van der Waals surface area contributed by atoms with Crippen LogP contribution in [0.25, 0.3) is 5.65 Å². The van der Waals surface area contributed by atoms with Crippen molar-refractivity contribution in [2.45, 2.75) is 20.8 Å². The summed E-state index contributed by atoms with van der Waals surface area (Å²) < 4.78 is 6.66. The highest BCUT2D eigenvalue weighted by atomic mass is 16.5.